The number of halogens is 1. The van der Waals surface area contributed by atoms with Crippen molar-refractivity contribution >= 4 is 67.8 Å². The maximum absolute atomic E-state index is 13.1. The Morgan fingerprint density at radius 3 is 2.41 bits per heavy atom. The molecule has 3 aromatic carbocycles. The van der Waals surface area contributed by atoms with Crippen molar-refractivity contribution in [1.29, 1.82) is 5.26 Å². The molecule has 0 atom stereocenters. The molecule has 5 nitrogen and oxygen atoms in total. The maximum Gasteiger partial charge on any atom is 0.234 e. The summed E-state index contributed by atoms with van der Waals surface area (Å²) < 4.78 is 0.995. The zero-order chi connectivity index (χ0) is 26.4. The summed E-state index contributed by atoms with van der Waals surface area (Å²) in [5.41, 5.74) is 5.95. The number of amides is 1. The number of thioether (sulfide) groups is 1. The predicted octanol–water partition coefficient (Wildman–Crippen LogP) is 8.06. The van der Waals surface area contributed by atoms with Crippen molar-refractivity contribution in [2.24, 2.45) is 0 Å². The molecule has 4 rings (SSSR count). The van der Waals surface area contributed by atoms with Crippen LogP contribution in [0.1, 0.15) is 35.5 Å². The standard InChI is InChI=1S/C29H27ClN4OS2/c1-4-19-10-8-11-20(5-2)27(19)34-26(35)17-36-28(32-23-14-9-12-22(30)18(23)3)21(16-31)29-33-24-13-6-7-15-25(24)37-29/h6-15,32H,4-5,17H2,1-3H3,(H,34,35)/b28-21-. The molecule has 0 aliphatic heterocycles. The van der Waals surface area contributed by atoms with Crippen LogP contribution in [0.4, 0.5) is 11.4 Å². The van der Waals surface area contributed by atoms with Gasteiger partial charge in [-0.2, -0.15) is 5.26 Å². The molecule has 0 unspecified atom stereocenters. The Morgan fingerprint density at radius 2 is 1.73 bits per heavy atom. The van der Waals surface area contributed by atoms with Gasteiger partial charge in [0, 0.05) is 16.4 Å². The van der Waals surface area contributed by atoms with Crippen LogP contribution in [0, 0.1) is 18.3 Å². The highest BCUT2D eigenvalue weighted by Gasteiger charge is 2.18. The van der Waals surface area contributed by atoms with Gasteiger partial charge < -0.3 is 10.6 Å². The normalized spacial score (nSPS) is 11.6. The van der Waals surface area contributed by atoms with Crippen molar-refractivity contribution in [2.45, 2.75) is 33.6 Å². The molecule has 8 heteroatoms. The minimum Gasteiger partial charge on any atom is -0.349 e. The molecule has 1 aromatic heterocycles. The van der Waals surface area contributed by atoms with Gasteiger partial charge in [-0.25, -0.2) is 4.98 Å². The minimum absolute atomic E-state index is 0.124. The molecule has 188 valence electrons. The van der Waals surface area contributed by atoms with Crippen molar-refractivity contribution in [3.63, 3.8) is 0 Å². The van der Waals surface area contributed by atoms with E-state index in [0.717, 1.165) is 51.1 Å². The fourth-order valence-corrected chi connectivity index (χ4v) is 5.95. The number of rotatable bonds is 9. The summed E-state index contributed by atoms with van der Waals surface area (Å²) in [6.07, 6.45) is 1.65. The van der Waals surface area contributed by atoms with Crippen LogP contribution in [0.2, 0.25) is 5.02 Å². The first kappa shape index (κ1) is 26.7. The van der Waals surface area contributed by atoms with Gasteiger partial charge >= 0.3 is 0 Å². The second kappa shape index (κ2) is 12.3. The molecule has 0 saturated heterocycles. The molecule has 37 heavy (non-hydrogen) atoms. The largest absolute Gasteiger partial charge is 0.349 e. The van der Waals surface area contributed by atoms with Gasteiger partial charge in [-0.15, -0.1) is 11.3 Å². The van der Waals surface area contributed by atoms with E-state index in [1.807, 2.05) is 67.6 Å². The van der Waals surface area contributed by atoms with Gasteiger partial charge in [-0.05, 0) is 60.7 Å². The Hall–Kier alpha value is -3.31. The number of carbonyl (C=O) groups is 1. The van der Waals surface area contributed by atoms with Crippen LogP contribution < -0.4 is 10.6 Å². The number of fused-ring (bicyclic) bond motifs is 1. The second-order valence-corrected chi connectivity index (χ2v) is 10.8. The molecular formula is C29H27ClN4OS2. The number of nitrogens with zero attached hydrogens (tertiary/aromatic N) is 2. The van der Waals surface area contributed by atoms with Crippen LogP contribution in [0.25, 0.3) is 15.8 Å². The summed E-state index contributed by atoms with van der Waals surface area (Å²) >= 11 is 9.09. The number of hydrogen-bond acceptors (Lipinski definition) is 6. The number of hydrogen-bond donors (Lipinski definition) is 2. The third-order valence-electron chi connectivity index (χ3n) is 5.97. The van der Waals surface area contributed by atoms with Crippen LogP contribution in [0.3, 0.4) is 0 Å². The van der Waals surface area contributed by atoms with Crippen LogP contribution in [-0.4, -0.2) is 16.6 Å². The lowest BCUT2D eigenvalue weighted by atomic mass is 10.0. The van der Waals surface area contributed by atoms with E-state index in [-0.39, 0.29) is 11.7 Å². The lowest BCUT2D eigenvalue weighted by Crippen LogP contribution is -2.17. The van der Waals surface area contributed by atoms with E-state index in [0.29, 0.717) is 20.6 Å². The third-order valence-corrected chi connectivity index (χ3v) is 8.44. The molecule has 0 radical (unpaired) electrons. The molecule has 0 aliphatic rings. The fourth-order valence-electron chi connectivity index (χ4n) is 3.93. The number of anilines is 2. The quantitative estimate of drug-likeness (QED) is 0.208. The molecule has 4 aromatic rings. The number of thiazole rings is 1. The molecule has 1 amide bonds. The zero-order valence-corrected chi connectivity index (χ0v) is 23.3. The van der Waals surface area contributed by atoms with Gasteiger partial charge in [0.25, 0.3) is 0 Å². The lowest BCUT2D eigenvalue weighted by molar-refractivity contribution is -0.113. The minimum atomic E-state index is -0.135. The number of aryl methyl sites for hydroxylation is 2. The molecule has 1 heterocycles. The monoisotopic (exact) mass is 546 g/mol. The van der Waals surface area contributed by atoms with Crippen molar-refractivity contribution in [3.05, 3.63) is 92.4 Å². The maximum atomic E-state index is 13.1. The van der Waals surface area contributed by atoms with Crippen LogP contribution in [0.5, 0.6) is 0 Å². The first-order chi connectivity index (χ1) is 17.9. The third kappa shape index (κ3) is 6.16. The summed E-state index contributed by atoms with van der Waals surface area (Å²) in [5.74, 6) is -0.0107. The molecule has 0 bridgehead atoms. The van der Waals surface area contributed by atoms with Gasteiger partial charge in [-0.3, -0.25) is 4.79 Å². The first-order valence-corrected chi connectivity index (χ1v) is 14.2. The lowest BCUT2D eigenvalue weighted by Gasteiger charge is -2.17. The number of aromatic nitrogens is 1. The van der Waals surface area contributed by atoms with Crippen molar-refractivity contribution in [2.75, 3.05) is 16.4 Å². The van der Waals surface area contributed by atoms with Gasteiger partial charge in [0.1, 0.15) is 16.6 Å². The van der Waals surface area contributed by atoms with Gasteiger partial charge in [0.2, 0.25) is 5.91 Å². The van der Waals surface area contributed by atoms with Crippen molar-refractivity contribution in [3.8, 4) is 6.07 Å². The smallest absolute Gasteiger partial charge is 0.234 e. The Kier molecular flexibility index (Phi) is 8.88. The number of nitriles is 1. The van der Waals surface area contributed by atoms with E-state index in [1.165, 1.54) is 23.1 Å². The Balaban J connectivity index is 1.67. The van der Waals surface area contributed by atoms with Crippen LogP contribution in [-0.2, 0) is 17.6 Å². The van der Waals surface area contributed by atoms with Crippen molar-refractivity contribution < 1.29 is 4.79 Å². The molecule has 0 saturated carbocycles. The van der Waals surface area contributed by atoms with Crippen molar-refractivity contribution in [1.82, 2.24) is 4.98 Å². The highest BCUT2D eigenvalue weighted by atomic mass is 35.5. The average Bonchev–Trinajstić information content (AvgIpc) is 3.34. The summed E-state index contributed by atoms with van der Waals surface area (Å²) in [5, 5.41) is 18.4. The second-order valence-electron chi connectivity index (χ2n) is 8.34. The molecule has 0 fully saturated rings. The summed E-state index contributed by atoms with van der Waals surface area (Å²) in [4.78, 5) is 17.8. The molecule has 2 N–H and O–H groups in total. The van der Waals surface area contributed by atoms with Gasteiger partial charge in [0.15, 0.2) is 0 Å². The van der Waals surface area contributed by atoms with E-state index >= 15 is 0 Å². The molecule has 0 aliphatic carbocycles. The highest BCUT2D eigenvalue weighted by Crippen LogP contribution is 2.35. The summed E-state index contributed by atoms with van der Waals surface area (Å²) in [7, 11) is 0. The van der Waals surface area contributed by atoms with E-state index < -0.39 is 0 Å². The fraction of sp³-hybridized carbons (Fsp3) is 0.207. The zero-order valence-electron chi connectivity index (χ0n) is 20.9. The number of nitrogens with one attached hydrogen (secondary N) is 2. The van der Waals surface area contributed by atoms with E-state index in [4.69, 9.17) is 11.6 Å². The van der Waals surface area contributed by atoms with Gasteiger partial charge in [-0.1, -0.05) is 73.6 Å². The topological polar surface area (TPSA) is 77.8 Å². The predicted molar refractivity (Wildman–Crippen MR) is 158 cm³/mol. The Morgan fingerprint density at radius 1 is 1.03 bits per heavy atom. The molecule has 0 spiro atoms. The summed E-state index contributed by atoms with van der Waals surface area (Å²) in [6.45, 7) is 6.07. The Labute approximate surface area is 230 Å². The average molecular weight is 547 g/mol. The van der Waals surface area contributed by atoms with Gasteiger partial charge in [0.05, 0.1) is 21.0 Å². The summed E-state index contributed by atoms with van der Waals surface area (Å²) in [6, 6.07) is 21.8. The van der Waals surface area contributed by atoms with E-state index in [1.54, 1.807) is 0 Å². The number of para-hydroxylation sites is 2. The highest BCUT2D eigenvalue weighted by molar-refractivity contribution is 8.04. The van der Waals surface area contributed by atoms with E-state index in [9.17, 15) is 10.1 Å². The number of allylic oxidation sites excluding steroid dienone is 1. The van der Waals surface area contributed by atoms with Crippen LogP contribution in [0.15, 0.2) is 65.7 Å². The van der Waals surface area contributed by atoms with Crippen LogP contribution >= 0.6 is 34.7 Å². The number of carbonyl (C=O) groups excluding carboxylic acids is 1. The SMILES string of the molecule is CCc1cccc(CC)c1NC(=O)CS/C(Nc1cccc(Cl)c1C)=C(/C#N)c1nc2ccccc2s1. The molecular weight excluding hydrogens is 520 g/mol. The Bertz CT molecular complexity index is 1460. The van der Waals surface area contributed by atoms with E-state index in [2.05, 4.69) is 35.5 Å². The number of benzene rings is 3. The first-order valence-electron chi connectivity index (χ1n) is 12.0.